The van der Waals surface area contributed by atoms with E-state index in [1.807, 2.05) is 0 Å². The minimum Gasteiger partial charge on any atom is -0.445 e. The van der Waals surface area contributed by atoms with Crippen molar-refractivity contribution in [3.63, 3.8) is 0 Å². The van der Waals surface area contributed by atoms with Gasteiger partial charge in [0.2, 0.25) is 6.08 Å². The molecule has 0 bridgehead atoms. The molecule has 0 spiro atoms. The number of carbonyl (C=O) groups excluding carboxylic acids is 1. The third kappa shape index (κ3) is 2.09. The molecule has 0 unspecified atom stereocenters. The van der Waals surface area contributed by atoms with Gasteiger partial charge in [-0.1, -0.05) is 6.58 Å². The van der Waals surface area contributed by atoms with Crippen LogP contribution in [0.15, 0.2) is 28.1 Å². The van der Waals surface area contributed by atoms with E-state index in [2.05, 4.69) is 11.6 Å². The van der Waals surface area contributed by atoms with E-state index in [0.717, 1.165) is 0 Å². The van der Waals surface area contributed by atoms with Crippen molar-refractivity contribution >= 4 is 23.3 Å². The Morgan fingerprint density at radius 3 is 3.00 bits per heavy atom. The lowest BCUT2D eigenvalue weighted by Gasteiger charge is -1.93. The molecule has 3 nitrogen and oxygen atoms in total. The molecular formula is C8H6ClNO2. The zero-order valence-electron chi connectivity index (χ0n) is 6.21. The van der Waals surface area contributed by atoms with Gasteiger partial charge in [0.25, 0.3) is 0 Å². The van der Waals surface area contributed by atoms with Crippen molar-refractivity contribution in [2.75, 3.05) is 6.54 Å². The zero-order chi connectivity index (χ0) is 8.97. The second-order valence-corrected chi connectivity index (χ2v) is 2.49. The van der Waals surface area contributed by atoms with Crippen LogP contribution in [0.1, 0.15) is 5.76 Å². The van der Waals surface area contributed by atoms with Crippen LogP contribution in [0.25, 0.3) is 5.57 Å². The molecule has 0 saturated carbocycles. The summed E-state index contributed by atoms with van der Waals surface area (Å²) in [5, 5.41) is 0.293. The average molecular weight is 184 g/mol. The number of hydrogen-bond donors (Lipinski definition) is 0. The smallest absolute Gasteiger partial charge is 0.235 e. The fourth-order valence-corrected chi connectivity index (χ4v) is 0.856. The van der Waals surface area contributed by atoms with Crippen molar-refractivity contribution in [1.82, 2.24) is 0 Å². The number of furan rings is 1. The lowest BCUT2D eigenvalue weighted by molar-refractivity contribution is 0.553. The molecule has 0 aromatic carbocycles. The third-order valence-corrected chi connectivity index (χ3v) is 1.46. The average Bonchev–Trinajstić information content (AvgIpc) is 2.47. The summed E-state index contributed by atoms with van der Waals surface area (Å²) in [6.07, 6.45) is 1.41. The minimum absolute atomic E-state index is 0.188. The Morgan fingerprint density at radius 1 is 1.75 bits per heavy atom. The Hall–Kier alpha value is -1.31. The first kappa shape index (κ1) is 8.78. The van der Waals surface area contributed by atoms with Crippen LogP contribution in [0.4, 0.5) is 0 Å². The maximum absolute atomic E-state index is 9.76. The number of rotatable bonds is 3. The van der Waals surface area contributed by atoms with Crippen molar-refractivity contribution in [3.05, 3.63) is 29.7 Å². The topological polar surface area (TPSA) is 42.6 Å². The predicted octanol–water partition coefficient (Wildman–Crippen LogP) is 2.28. The molecule has 62 valence electrons. The van der Waals surface area contributed by atoms with Crippen molar-refractivity contribution in [2.24, 2.45) is 4.99 Å². The van der Waals surface area contributed by atoms with Gasteiger partial charge in [0.1, 0.15) is 5.76 Å². The highest BCUT2D eigenvalue weighted by atomic mass is 35.5. The highest BCUT2D eigenvalue weighted by molar-refractivity contribution is 6.28. The summed E-state index contributed by atoms with van der Waals surface area (Å²) in [5.74, 6) is 0.541. The van der Waals surface area contributed by atoms with Crippen molar-refractivity contribution in [1.29, 1.82) is 0 Å². The number of hydrogen-bond acceptors (Lipinski definition) is 3. The maximum atomic E-state index is 9.76. The van der Waals surface area contributed by atoms with Gasteiger partial charge in [-0.3, -0.25) is 0 Å². The summed E-state index contributed by atoms with van der Waals surface area (Å²) >= 11 is 5.52. The molecule has 1 rings (SSSR count). The van der Waals surface area contributed by atoms with Gasteiger partial charge in [-0.25, -0.2) is 9.79 Å². The van der Waals surface area contributed by atoms with Crippen LogP contribution >= 0.6 is 11.6 Å². The van der Waals surface area contributed by atoms with Gasteiger partial charge in [-0.2, -0.15) is 0 Å². The quantitative estimate of drug-likeness (QED) is 0.533. The number of nitrogens with zero attached hydrogens (tertiary/aromatic N) is 1. The van der Waals surface area contributed by atoms with E-state index in [-0.39, 0.29) is 6.54 Å². The Bertz CT molecular complexity index is 337. The summed E-state index contributed by atoms with van der Waals surface area (Å²) in [7, 11) is 0. The van der Waals surface area contributed by atoms with E-state index < -0.39 is 0 Å². The van der Waals surface area contributed by atoms with Crippen LogP contribution in [0, 0.1) is 0 Å². The number of aliphatic imine (C=N–C) groups is 1. The summed E-state index contributed by atoms with van der Waals surface area (Å²) < 4.78 is 5.02. The zero-order valence-corrected chi connectivity index (χ0v) is 6.97. The molecule has 4 heteroatoms. The monoisotopic (exact) mass is 183 g/mol. The Balaban J connectivity index is 2.71. The minimum atomic E-state index is 0.188. The van der Waals surface area contributed by atoms with Gasteiger partial charge in [0.15, 0.2) is 5.22 Å². The van der Waals surface area contributed by atoms with Gasteiger partial charge >= 0.3 is 0 Å². The molecule has 12 heavy (non-hydrogen) atoms. The molecular weight excluding hydrogens is 178 g/mol. The van der Waals surface area contributed by atoms with Gasteiger partial charge in [-0.15, -0.1) is 0 Å². The molecule has 0 aliphatic carbocycles. The fraction of sp³-hybridized carbons (Fsp3) is 0.125. The van der Waals surface area contributed by atoms with Crippen molar-refractivity contribution in [3.8, 4) is 0 Å². The Morgan fingerprint density at radius 2 is 2.50 bits per heavy atom. The molecule has 1 heterocycles. The second-order valence-electron chi connectivity index (χ2n) is 2.11. The molecule has 0 saturated heterocycles. The molecule has 0 radical (unpaired) electrons. The molecule has 1 aromatic rings. The fourth-order valence-electron chi connectivity index (χ4n) is 0.710. The number of halogens is 1. The highest BCUT2D eigenvalue weighted by Crippen LogP contribution is 2.19. The largest absolute Gasteiger partial charge is 0.445 e. The Labute approximate surface area is 74.4 Å². The van der Waals surface area contributed by atoms with Crippen LogP contribution in [-0.4, -0.2) is 12.6 Å². The predicted molar refractivity (Wildman–Crippen MR) is 45.7 cm³/mol. The third-order valence-electron chi connectivity index (χ3n) is 1.26. The van der Waals surface area contributed by atoms with Crippen molar-refractivity contribution < 1.29 is 9.21 Å². The SMILES string of the molecule is C=C(CN=C=O)c1ccc(Cl)o1. The van der Waals surface area contributed by atoms with Crippen LogP contribution < -0.4 is 0 Å². The first-order chi connectivity index (χ1) is 5.74. The van der Waals surface area contributed by atoms with E-state index in [4.69, 9.17) is 16.0 Å². The van der Waals surface area contributed by atoms with E-state index in [0.29, 0.717) is 16.6 Å². The van der Waals surface area contributed by atoms with Gasteiger partial charge in [0.05, 0.1) is 6.54 Å². The summed E-state index contributed by atoms with van der Waals surface area (Å²) in [4.78, 5) is 13.1. The van der Waals surface area contributed by atoms with Gasteiger partial charge < -0.3 is 4.42 Å². The Kier molecular flexibility index (Phi) is 2.86. The molecule has 0 aliphatic heterocycles. The molecule has 0 amide bonds. The van der Waals surface area contributed by atoms with Crippen LogP contribution in [0.2, 0.25) is 5.22 Å². The first-order valence-electron chi connectivity index (χ1n) is 3.21. The van der Waals surface area contributed by atoms with E-state index in [1.165, 1.54) is 6.08 Å². The summed E-state index contributed by atoms with van der Waals surface area (Å²) in [6.45, 7) is 3.84. The first-order valence-corrected chi connectivity index (χ1v) is 3.59. The standard InChI is InChI=1S/C8H6ClNO2/c1-6(4-10-5-11)7-2-3-8(9)12-7/h2-3H,1,4H2. The lowest BCUT2D eigenvalue weighted by Crippen LogP contribution is -1.83. The van der Waals surface area contributed by atoms with Crippen LogP contribution in [0.3, 0.4) is 0 Å². The van der Waals surface area contributed by atoms with Gasteiger partial charge in [-0.05, 0) is 23.7 Å². The van der Waals surface area contributed by atoms with Crippen molar-refractivity contribution in [2.45, 2.75) is 0 Å². The number of isocyanates is 1. The van der Waals surface area contributed by atoms with E-state index in [9.17, 15) is 4.79 Å². The van der Waals surface area contributed by atoms with Gasteiger partial charge in [0, 0.05) is 5.57 Å². The van der Waals surface area contributed by atoms with Crippen LogP contribution in [-0.2, 0) is 4.79 Å². The molecule has 0 atom stereocenters. The maximum Gasteiger partial charge on any atom is 0.235 e. The normalized spacial score (nSPS) is 9.08. The molecule has 0 fully saturated rings. The second kappa shape index (κ2) is 3.90. The van der Waals surface area contributed by atoms with E-state index >= 15 is 0 Å². The van der Waals surface area contributed by atoms with Crippen LogP contribution in [0.5, 0.6) is 0 Å². The molecule has 0 aliphatic rings. The molecule has 1 aromatic heterocycles. The summed E-state index contributed by atoms with van der Waals surface area (Å²) in [6, 6.07) is 3.28. The highest BCUT2D eigenvalue weighted by Gasteiger charge is 2.02. The van der Waals surface area contributed by atoms with E-state index in [1.54, 1.807) is 12.1 Å². The lowest BCUT2D eigenvalue weighted by atomic mass is 10.2. The molecule has 0 N–H and O–H groups in total. The summed E-state index contributed by atoms with van der Waals surface area (Å²) in [5.41, 5.74) is 0.602.